The van der Waals surface area contributed by atoms with Gasteiger partial charge in [-0.05, 0) is 68.3 Å². The van der Waals surface area contributed by atoms with Gasteiger partial charge in [-0.15, -0.1) is 0 Å². The first-order chi connectivity index (χ1) is 18.9. The van der Waals surface area contributed by atoms with Crippen molar-refractivity contribution in [2.24, 2.45) is 5.92 Å². The highest BCUT2D eigenvalue weighted by Crippen LogP contribution is 2.65. The van der Waals surface area contributed by atoms with Crippen LogP contribution in [0.2, 0.25) is 0 Å². The molecule has 1 amide bonds. The highest BCUT2D eigenvalue weighted by atomic mass is 16.6. The second-order valence-corrected chi connectivity index (χ2v) is 11.6. The third-order valence-corrected chi connectivity index (χ3v) is 9.71. The number of benzene rings is 2. The first kappa shape index (κ1) is 24.3. The number of likely N-dealkylation sites (tertiary alicyclic amines) is 1. The molecular formula is C30H31N3O6. The molecule has 202 valence electrons. The zero-order valence-electron chi connectivity index (χ0n) is 21.9. The molecule has 0 radical (unpaired) electrons. The molecule has 2 aliphatic heterocycles. The number of carbonyl (C=O) groups excluding carboxylic acids is 2. The molecule has 1 spiro atoms. The van der Waals surface area contributed by atoms with Crippen LogP contribution in [0.15, 0.2) is 42.5 Å². The monoisotopic (exact) mass is 529 g/mol. The average molecular weight is 530 g/mol. The van der Waals surface area contributed by atoms with E-state index < -0.39 is 22.0 Å². The predicted octanol–water partition coefficient (Wildman–Crippen LogP) is 3.57. The van der Waals surface area contributed by atoms with Gasteiger partial charge >= 0.3 is 0 Å². The van der Waals surface area contributed by atoms with Gasteiger partial charge in [-0.2, -0.15) is 0 Å². The molecule has 9 heteroatoms. The second-order valence-electron chi connectivity index (χ2n) is 11.6. The van der Waals surface area contributed by atoms with Crippen molar-refractivity contribution >= 4 is 23.5 Å². The smallest absolute Gasteiger partial charge is 0.276 e. The summed E-state index contributed by atoms with van der Waals surface area (Å²) in [6.07, 6.45) is 6.97. The van der Waals surface area contributed by atoms with E-state index in [2.05, 4.69) is 16.3 Å². The Bertz CT molecular complexity index is 1430. The minimum atomic E-state index is -0.715. The first-order valence-electron chi connectivity index (χ1n) is 13.8. The van der Waals surface area contributed by atoms with Gasteiger partial charge < -0.3 is 14.8 Å². The molecule has 1 N–H and O–H groups in total. The minimum Gasteiger partial charge on any atom is -0.493 e. The molecule has 2 saturated carbocycles. The number of nitro benzene ring substituents is 1. The van der Waals surface area contributed by atoms with Gasteiger partial charge in [0.2, 0.25) is 5.91 Å². The molecule has 39 heavy (non-hydrogen) atoms. The summed E-state index contributed by atoms with van der Waals surface area (Å²) >= 11 is 0. The van der Waals surface area contributed by atoms with Crippen LogP contribution in [0.1, 0.15) is 48.8 Å². The third-order valence-electron chi connectivity index (χ3n) is 9.71. The summed E-state index contributed by atoms with van der Waals surface area (Å²) in [6.45, 7) is 1.83. The van der Waals surface area contributed by atoms with E-state index in [0.717, 1.165) is 30.6 Å². The molecule has 3 aliphatic carbocycles. The van der Waals surface area contributed by atoms with Gasteiger partial charge in [0.15, 0.2) is 23.4 Å². The van der Waals surface area contributed by atoms with Gasteiger partial charge in [-0.25, -0.2) is 0 Å². The Kier molecular flexibility index (Phi) is 5.39. The average Bonchev–Trinajstić information content (AvgIpc) is 3.68. The fourth-order valence-corrected chi connectivity index (χ4v) is 7.93. The van der Waals surface area contributed by atoms with Crippen LogP contribution >= 0.6 is 0 Å². The summed E-state index contributed by atoms with van der Waals surface area (Å²) in [7, 11) is 1.61. The van der Waals surface area contributed by atoms with Gasteiger partial charge in [0.1, 0.15) is 0 Å². The van der Waals surface area contributed by atoms with Gasteiger partial charge in [0.05, 0.1) is 28.6 Å². The minimum absolute atomic E-state index is 0.0151. The lowest BCUT2D eigenvalue weighted by molar-refractivity contribution is -0.385. The number of ketones is 1. The van der Waals surface area contributed by atoms with Gasteiger partial charge in [0.25, 0.3) is 5.69 Å². The highest BCUT2D eigenvalue weighted by molar-refractivity contribution is 5.95. The lowest BCUT2D eigenvalue weighted by atomic mass is 9.47. The van der Waals surface area contributed by atoms with E-state index in [1.807, 2.05) is 6.07 Å². The summed E-state index contributed by atoms with van der Waals surface area (Å²) in [5, 5.41) is 14.9. The molecule has 0 unspecified atom stereocenters. The summed E-state index contributed by atoms with van der Waals surface area (Å²) in [5.74, 6) is 1.67. The second kappa shape index (κ2) is 8.64. The summed E-state index contributed by atoms with van der Waals surface area (Å²) in [6, 6.07) is 10.4. The Labute approximate surface area is 226 Å². The number of rotatable bonds is 7. The van der Waals surface area contributed by atoms with Crippen LogP contribution in [0.3, 0.4) is 0 Å². The number of methoxy groups -OCH3 is 1. The van der Waals surface area contributed by atoms with Gasteiger partial charge in [0, 0.05) is 36.7 Å². The largest absolute Gasteiger partial charge is 0.493 e. The Morgan fingerprint density at radius 3 is 2.85 bits per heavy atom. The maximum atomic E-state index is 13.7. The van der Waals surface area contributed by atoms with Gasteiger partial charge in [-0.3, -0.25) is 24.6 Å². The zero-order chi connectivity index (χ0) is 26.9. The van der Waals surface area contributed by atoms with E-state index in [0.29, 0.717) is 42.2 Å². The number of para-hydroxylation sites is 1. The van der Waals surface area contributed by atoms with E-state index in [4.69, 9.17) is 9.47 Å². The van der Waals surface area contributed by atoms with E-state index in [1.165, 1.54) is 31.1 Å². The Hall–Kier alpha value is -3.72. The lowest BCUT2D eigenvalue weighted by Gasteiger charge is -2.65. The quantitative estimate of drug-likeness (QED) is 0.332. The Morgan fingerprint density at radius 2 is 2.08 bits per heavy atom. The number of hydrogen-bond donors (Lipinski definition) is 1. The van der Waals surface area contributed by atoms with Crippen molar-refractivity contribution in [1.82, 2.24) is 10.2 Å². The molecule has 5 aliphatic rings. The fraction of sp³-hybridized carbons (Fsp3) is 0.467. The lowest BCUT2D eigenvalue weighted by Crippen LogP contribution is -2.81. The van der Waals surface area contributed by atoms with Crippen molar-refractivity contribution in [2.75, 3.05) is 20.2 Å². The van der Waals surface area contributed by atoms with Crippen LogP contribution in [0, 0.1) is 16.0 Å². The van der Waals surface area contributed by atoms with Crippen molar-refractivity contribution in [2.45, 2.75) is 61.6 Å². The van der Waals surface area contributed by atoms with Crippen LogP contribution < -0.4 is 14.8 Å². The number of nitro groups is 1. The summed E-state index contributed by atoms with van der Waals surface area (Å²) in [4.78, 5) is 40.7. The number of nitrogens with zero attached hydrogens (tertiary/aromatic N) is 2. The normalized spacial score (nSPS) is 30.5. The van der Waals surface area contributed by atoms with Crippen LogP contribution in [-0.2, 0) is 21.4 Å². The number of hydrogen-bond acceptors (Lipinski definition) is 7. The van der Waals surface area contributed by atoms with E-state index in [9.17, 15) is 19.7 Å². The Balaban J connectivity index is 1.33. The maximum absolute atomic E-state index is 13.7. The zero-order valence-corrected chi connectivity index (χ0v) is 21.9. The number of piperidine rings is 1. The van der Waals surface area contributed by atoms with Crippen LogP contribution in [0.25, 0.3) is 6.08 Å². The van der Waals surface area contributed by atoms with Crippen molar-refractivity contribution in [3.05, 3.63) is 69.3 Å². The third kappa shape index (κ3) is 3.41. The highest BCUT2D eigenvalue weighted by Gasteiger charge is 2.73. The maximum Gasteiger partial charge on any atom is 0.276 e. The van der Waals surface area contributed by atoms with Crippen molar-refractivity contribution < 1.29 is 24.0 Å². The molecule has 9 nitrogen and oxygen atoms in total. The van der Waals surface area contributed by atoms with E-state index in [-0.39, 0.29) is 23.4 Å². The van der Waals surface area contributed by atoms with Crippen molar-refractivity contribution in [3.63, 3.8) is 0 Å². The van der Waals surface area contributed by atoms with Crippen LogP contribution in [0.5, 0.6) is 11.5 Å². The molecule has 2 aromatic carbocycles. The predicted molar refractivity (Wildman–Crippen MR) is 143 cm³/mol. The molecule has 2 heterocycles. The SMILES string of the molecule is COc1ccc2c3c1O[C@H]1C(=O)CC[C@@]4(NC(=O)/C=C/c5ccccc5[N+](=O)[O-])[C@@H](C2)N(CC2CC2)CC[C@]314. The number of ether oxygens (including phenoxy) is 2. The molecule has 4 atom stereocenters. The van der Waals surface area contributed by atoms with Crippen molar-refractivity contribution in [3.8, 4) is 11.5 Å². The van der Waals surface area contributed by atoms with Crippen LogP contribution in [0.4, 0.5) is 5.69 Å². The number of Topliss-reactive ketones (excluding diaryl/α,β-unsaturated/α-hetero) is 1. The van der Waals surface area contributed by atoms with Gasteiger partial charge in [-0.1, -0.05) is 18.2 Å². The summed E-state index contributed by atoms with van der Waals surface area (Å²) < 4.78 is 12.1. The summed E-state index contributed by atoms with van der Waals surface area (Å²) in [5.41, 5.74) is 1.09. The molecule has 7 rings (SSSR count). The fourth-order valence-electron chi connectivity index (χ4n) is 7.93. The van der Waals surface area contributed by atoms with E-state index in [1.54, 1.807) is 25.3 Å². The van der Waals surface area contributed by atoms with E-state index >= 15 is 0 Å². The number of amides is 1. The Morgan fingerprint density at radius 1 is 1.26 bits per heavy atom. The molecular weight excluding hydrogens is 498 g/mol. The molecule has 3 fully saturated rings. The topological polar surface area (TPSA) is 111 Å². The van der Waals surface area contributed by atoms with Crippen molar-refractivity contribution in [1.29, 1.82) is 0 Å². The molecule has 2 bridgehead atoms. The molecule has 1 saturated heterocycles. The number of nitrogens with one attached hydrogen (secondary N) is 1. The number of carbonyl (C=O) groups is 2. The molecule has 2 aromatic rings. The standard InChI is InChI=1S/C30H31N3O6/c1-38-23-10-8-20-16-24-30(31-25(35)11-9-19-4-2-3-5-21(19)33(36)37)13-12-22(34)28-29(30,26(20)27(23)39-28)14-15-32(24)17-18-6-7-18/h2-5,8-11,18,24,28H,6-7,12-17H2,1H3,(H,31,35)/b11-9+/t24-,28+,29+,30-/m1/s1. The first-order valence-corrected chi connectivity index (χ1v) is 13.8. The van der Waals surface area contributed by atoms with Crippen LogP contribution in [-0.4, -0.2) is 59.4 Å². The molecule has 0 aromatic heterocycles.